The van der Waals surface area contributed by atoms with Crippen molar-refractivity contribution in [1.82, 2.24) is 14.8 Å². The number of benzene rings is 1. The van der Waals surface area contributed by atoms with Gasteiger partial charge in [0.2, 0.25) is 0 Å². The van der Waals surface area contributed by atoms with Crippen LogP contribution in [0.15, 0.2) is 36.5 Å². The van der Waals surface area contributed by atoms with Crippen LogP contribution >= 0.6 is 23.2 Å². The molecule has 0 aliphatic carbocycles. The molecule has 0 saturated carbocycles. The number of halogens is 2. The minimum Gasteiger partial charge on any atom is -0.322 e. The molecule has 1 aliphatic rings. The topological polar surface area (TPSA) is 80.1 Å². The minimum absolute atomic E-state index is 0.126. The molecule has 0 radical (unpaired) electrons. The molecule has 0 spiro atoms. The molecule has 1 N–H and O–H groups in total. The van der Waals surface area contributed by atoms with Crippen LogP contribution in [0.1, 0.15) is 45.2 Å². The number of hydrogen-bond acceptors (Lipinski definition) is 4. The molecule has 2 aromatic heterocycles. The predicted molar refractivity (Wildman–Crippen MR) is 117 cm³/mol. The lowest BCUT2D eigenvalue weighted by molar-refractivity contribution is 0.0939. The number of amides is 2. The highest BCUT2D eigenvalue weighted by atomic mass is 35.5. The van der Waals surface area contributed by atoms with Gasteiger partial charge in [-0.3, -0.25) is 19.3 Å². The molecule has 1 aliphatic heterocycles. The third-order valence-electron chi connectivity index (χ3n) is 4.91. The fraction of sp³-hybridized carbons (Fsp3) is 0.238. The number of rotatable bonds is 3. The van der Waals surface area contributed by atoms with Gasteiger partial charge in [-0.15, -0.1) is 0 Å². The summed E-state index contributed by atoms with van der Waals surface area (Å²) in [6.07, 6.45) is 1.43. The molecule has 0 saturated heterocycles. The Balaban J connectivity index is 1.69. The summed E-state index contributed by atoms with van der Waals surface area (Å²) in [5.74, 6) is -0.728. The Morgan fingerprint density at radius 1 is 1.13 bits per heavy atom. The van der Waals surface area contributed by atoms with Crippen molar-refractivity contribution in [3.8, 4) is 0 Å². The highest BCUT2D eigenvalue weighted by molar-refractivity contribution is 6.42. The lowest BCUT2D eigenvalue weighted by Crippen LogP contribution is -2.43. The van der Waals surface area contributed by atoms with Crippen LogP contribution in [0.25, 0.3) is 0 Å². The number of aromatic nitrogens is 3. The largest absolute Gasteiger partial charge is 0.322 e. The molecule has 1 atom stereocenters. The second-order valence-corrected chi connectivity index (χ2v) is 8.12. The van der Waals surface area contributed by atoms with E-state index >= 15 is 0 Å². The second-order valence-electron chi connectivity index (χ2n) is 7.31. The van der Waals surface area contributed by atoms with Gasteiger partial charge in [-0.25, -0.2) is 0 Å². The van der Waals surface area contributed by atoms with Crippen LogP contribution in [0.2, 0.25) is 10.0 Å². The summed E-state index contributed by atoms with van der Waals surface area (Å²) in [4.78, 5) is 32.2. The highest BCUT2D eigenvalue weighted by Gasteiger charge is 2.35. The van der Waals surface area contributed by atoms with Gasteiger partial charge in [0.15, 0.2) is 0 Å². The van der Waals surface area contributed by atoms with E-state index in [1.54, 1.807) is 39.9 Å². The normalized spacial score (nSPS) is 15.8. The summed E-state index contributed by atoms with van der Waals surface area (Å²) >= 11 is 12.1. The van der Waals surface area contributed by atoms with Crippen molar-refractivity contribution in [3.05, 3.63) is 69.2 Å². The maximum atomic E-state index is 13.3. The van der Waals surface area contributed by atoms with Crippen molar-refractivity contribution in [2.24, 2.45) is 0 Å². The molecule has 7 nitrogen and oxygen atoms in total. The summed E-state index contributed by atoms with van der Waals surface area (Å²) in [7, 11) is 0. The third-order valence-corrected chi connectivity index (χ3v) is 5.65. The van der Waals surface area contributed by atoms with Gasteiger partial charge in [0.05, 0.1) is 27.8 Å². The smallest absolute Gasteiger partial charge is 0.277 e. The maximum absolute atomic E-state index is 13.3. The summed E-state index contributed by atoms with van der Waals surface area (Å²) in [6.45, 7) is 6.04. The molecular formula is C21H19Cl2N5O2. The number of carbonyl (C=O) groups excluding carboxylic acids is 2. The summed E-state index contributed by atoms with van der Waals surface area (Å²) < 4.78 is 1.59. The van der Waals surface area contributed by atoms with Crippen molar-refractivity contribution in [2.75, 3.05) is 16.8 Å². The number of fused-ring (bicyclic) bond motifs is 1. The van der Waals surface area contributed by atoms with Crippen molar-refractivity contribution >= 4 is 46.4 Å². The quantitative estimate of drug-likeness (QED) is 0.637. The van der Waals surface area contributed by atoms with E-state index in [1.165, 1.54) is 6.20 Å². The van der Waals surface area contributed by atoms with Crippen molar-refractivity contribution < 1.29 is 9.59 Å². The van der Waals surface area contributed by atoms with Gasteiger partial charge in [-0.1, -0.05) is 23.2 Å². The monoisotopic (exact) mass is 443 g/mol. The van der Waals surface area contributed by atoms with Crippen LogP contribution in [0, 0.1) is 13.8 Å². The first-order valence-corrected chi connectivity index (χ1v) is 10.1. The standard InChI is InChI=1S/C21H19Cl2N5O2/c1-11-6-14(7-12(2)25-11)26-20(29)16-9-24-28-13(3)10-27(21(30)19(16)28)15-4-5-17(22)18(23)8-15/h4-9,13H,10H2,1-3H3,(H,25,26,29)/t13-/m0/s1. The zero-order valence-electron chi connectivity index (χ0n) is 16.6. The van der Waals surface area contributed by atoms with Gasteiger partial charge in [-0.05, 0) is 51.1 Å². The molecule has 154 valence electrons. The average molecular weight is 444 g/mol. The lowest BCUT2D eigenvalue weighted by Gasteiger charge is -2.32. The zero-order chi connectivity index (χ0) is 21.6. The van der Waals surface area contributed by atoms with Gasteiger partial charge >= 0.3 is 0 Å². The van der Waals surface area contributed by atoms with Crippen LogP contribution in [0.3, 0.4) is 0 Å². The molecule has 30 heavy (non-hydrogen) atoms. The molecule has 0 bridgehead atoms. The third kappa shape index (κ3) is 3.66. The Labute approximate surface area is 183 Å². The van der Waals surface area contributed by atoms with Gasteiger partial charge in [-0.2, -0.15) is 5.10 Å². The molecule has 9 heteroatoms. The number of hydrogen-bond donors (Lipinski definition) is 1. The Hall–Kier alpha value is -2.90. The van der Waals surface area contributed by atoms with E-state index in [9.17, 15) is 9.59 Å². The zero-order valence-corrected chi connectivity index (χ0v) is 18.1. The Bertz CT molecular complexity index is 1150. The number of pyridine rings is 1. The van der Waals surface area contributed by atoms with Crippen molar-refractivity contribution in [1.29, 1.82) is 0 Å². The van der Waals surface area contributed by atoms with Crippen LogP contribution < -0.4 is 10.2 Å². The Morgan fingerprint density at radius 2 is 1.83 bits per heavy atom. The number of anilines is 2. The fourth-order valence-corrected chi connectivity index (χ4v) is 3.90. The highest BCUT2D eigenvalue weighted by Crippen LogP contribution is 2.32. The number of aryl methyl sites for hydroxylation is 2. The van der Waals surface area contributed by atoms with Crippen LogP contribution in [-0.4, -0.2) is 33.1 Å². The first-order valence-electron chi connectivity index (χ1n) is 9.35. The minimum atomic E-state index is -0.405. The van der Waals surface area contributed by atoms with Crippen LogP contribution in [-0.2, 0) is 0 Å². The van der Waals surface area contributed by atoms with Gasteiger partial charge in [0.25, 0.3) is 11.8 Å². The average Bonchev–Trinajstić information content (AvgIpc) is 3.12. The molecule has 3 aromatic rings. The van der Waals surface area contributed by atoms with Gasteiger partial charge in [0.1, 0.15) is 5.69 Å². The molecule has 0 unspecified atom stereocenters. The lowest BCUT2D eigenvalue weighted by atomic mass is 10.1. The van der Waals surface area contributed by atoms with Crippen molar-refractivity contribution in [2.45, 2.75) is 26.8 Å². The Kier molecular flexibility index (Phi) is 5.26. The van der Waals surface area contributed by atoms with E-state index in [2.05, 4.69) is 15.4 Å². The molecule has 1 aromatic carbocycles. The Morgan fingerprint density at radius 3 is 2.50 bits per heavy atom. The van der Waals surface area contributed by atoms with E-state index in [1.807, 2.05) is 20.8 Å². The van der Waals surface area contributed by atoms with E-state index in [4.69, 9.17) is 23.2 Å². The SMILES string of the molecule is Cc1cc(NC(=O)c2cnn3c2C(=O)N(c2ccc(Cl)c(Cl)c2)C[C@@H]3C)cc(C)n1. The maximum Gasteiger partial charge on any atom is 0.277 e. The first-order chi connectivity index (χ1) is 14.2. The van der Waals surface area contributed by atoms with Crippen LogP contribution in [0.4, 0.5) is 11.4 Å². The van der Waals surface area contributed by atoms with E-state index in [0.29, 0.717) is 28.0 Å². The van der Waals surface area contributed by atoms with E-state index in [-0.39, 0.29) is 23.2 Å². The molecule has 0 fully saturated rings. The molecule has 2 amide bonds. The molecular weight excluding hydrogens is 425 g/mol. The second kappa shape index (κ2) is 7.74. The predicted octanol–water partition coefficient (Wildman–Crippen LogP) is 4.68. The first kappa shape index (κ1) is 20.4. The van der Waals surface area contributed by atoms with E-state index in [0.717, 1.165) is 11.4 Å². The number of nitrogens with one attached hydrogen (secondary N) is 1. The van der Waals surface area contributed by atoms with Crippen molar-refractivity contribution in [3.63, 3.8) is 0 Å². The summed E-state index contributed by atoms with van der Waals surface area (Å²) in [5.41, 5.74) is 3.25. The van der Waals surface area contributed by atoms with Gasteiger partial charge in [0, 0.05) is 29.3 Å². The number of carbonyl (C=O) groups is 2. The molecule has 3 heterocycles. The molecule has 4 rings (SSSR count). The fourth-order valence-electron chi connectivity index (χ4n) is 3.61. The summed E-state index contributed by atoms with van der Waals surface area (Å²) in [6, 6.07) is 8.43. The number of nitrogens with zero attached hydrogens (tertiary/aromatic N) is 4. The van der Waals surface area contributed by atoms with Crippen LogP contribution in [0.5, 0.6) is 0 Å². The van der Waals surface area contributed by atoms with E-state index < -0.39 is 5.91 Å². The van der Waals surface area contributed by atoms with Gasteiger partial charge < -0.3 is 10.2 Å². The summed E-state index contributed by atoms with van der Waals surface area (Å²) in [5, 5.41) is 7.90.